The molecule has 0 saturated heterocycles. The molecule has 0 aliphatic carbocycles. The molecule has 0 aromatic heterocycles. The summed E-state index contributed by atoms with van der Waals surface area (Å²) in [4.78, 5) is 34.9. The van der Waals surface area contributed by atoms with Gasteiger partial charge in [0.15, 0.2) is 0 Å². The predicted octanol–water partition coefficient (Wildman–Crippen LogP) is 3.04. The number of ether oxygens (including phenoxy) is 3. The van der Waals surface area contributed by atoms with Gasteiger partial charge in [0.2, 0.25) is 6.29 Å². The Kier molecular flexibility index (Phi) is 13.2. The van der Waals surface area contributed by atoms with Crippen molar-refractivity contribution in [3.63, 3.8) is 0 Å². The summed E-state index contributed by atoms with van der Waals surface area (Å²) in [6.45, 7) is 5.35. The fourth-order valence-electron chi connectivity index (χ4n) is 1.73. The Morgan fingerprint density at radius 1 is 1.11 bits per heavy atom. The molecule has 1 atom stereocenters. The Hall–Kier alpha value is -1.28. The first-order valence-corrected chi connectivity index (χ1v) is 8.80. The van der Waals surface area contributed by atoms with Crippen LogP contribution in [-0.2, 0) is 19.1 Å². The molecule has 1 unspecified atom stereocenters. The van der Waals surface area contributed by atoms with Gasteiger partial charge in [0.25, 0.3) is 0 Å². The fourth-order valence-corrected chi connectivity index (χ4v) is 1.85. The van der Waals surface area contributed by atoms with E-state index >= 15 is 0 Å². The molecule has 7 nitrogen and oxygen atoms in total. The maximum atomic E-state index is 11.7. The first-order chi connectivity index (χ1) is 12.3. The monoisotopic (exact) mass is 409 g/mol. The number of nitrogens with one attached hydrogen (secondary N) is 1. The van der Waals surface area contributed by atoms with Crippen LogP contribution < -0.4 is 10.1 Å². The van der Waals surface area contributed by atoms with Crippen molar-refractivity contribution in [1.82, 2.24) is 5.32 Å². The van der Waals surface area contributed by atoms with Gasteiger partial charge in [-0.1, -0.05) is 32.4 Å². The number of alkyl carbamates (subject to hydrolysis) is 1. The molecule has 1 aromatic carbocycles. The van der Waals surface area contributed by atoms with Crippen LogP contribution in [0.4, 0.5) is 4.79 Å². The number of carbonyl (C=O) groups is 3. The molecule has 9 heteroatoms. The maximum absolute atomic E-state index is 11.7. The predicted molar refractivity (Wildman–Crippen MR) is 103 cm³/mol. The second kappa shape index (κ2) is 13.8. The second-order valence-corrected chi connectivity index (χ2v) is 6.23. The number of carbonyl (C=O) groups excluding carboxylic acids is 3. The van der Waals surface area contributed by atoms with Crippen LogP contribution in [0.25, 0.3) is 0 Å². The molecule has 1 N–H and O–H groups in total. The summed E-state index contributed by atoms with van der Waals surface area (Å²) >= 11 is 5.75. The summed E-state index contributed by atoms with van der Waals surface area (Å²) in [6, 6.07) is 6.44. The molecule has 0 bridgehead atoms. The van der Waals surface area contributed by atoms with E-state index in [9.17, 15) is 14.4 Å². The van der Waals surface area contributed by atoms with Crippen LogP contribution in [-0.4, -0.2) is 60.4 Å². The minimum absolute atomic E-state index is 0. The topological polar surface area (TPSA) is 90.9 Å². The Morgan fingerprint density at radius 2 is 1.74 bits per heavy atom. The molecule has 0 aliphatic rings. The SMILES string of the molecule is CCC(OC(=O)NCCCC(=O)Oc1ccc(Cl)cc1)OC(=O)C(C)C.[NaH]. The fraction of sp³-hybridized carbons (Fsp3) is 0.500. The van der Waals surface area contributed by atoms with Gasteiger partial charge in [-0.25, -0.2) is 4.79 Å². The van der Waals surface area contributed by atoms with Gasteiger partial charge in [-0.05, 0) is 30.7 Å². The van der Waals surface area contributed by atoms with Crippen molar-refractivity contribution in [2.24, 2.45) is 5.92 Å². The molecule has 0 radical (unpaired) electrons. The summed E-state index contributed by atoms with van der Waals surface area (Å²) in [7, 11) is 0. The Bertz CT molecular complexity index is 608. The summed E-state index contributed by atoms with van der Waals surface area (Å²) in [5.41, 5.74) is 0. The van der Waals surface area contributed by atoms with Gasteiger partial charge in [-0.3, -0.25) is 9.59 Å². The quantitative estimate of drug-likeness (QED) is 0.221. The molecular formula is C18H25ClNNaO6. The summed E-state index contributed by atoms with van der Waals surface area (Å²) in [6.07, 6.45) is -0.787. The number of hydrogen-bond donors (Lipinski definition) is 1. The summed E-state index contributed by atoms with van der Waals surface area (Å²) in [5, 5.41) is 3.05. The normalized spacial score (nSPS) is 11.1. The summed E-state index contributed by atoms with van der Waals surface area (Å²) in [5.74, 6) is -0.749. The molecule has 1 rings (SSSR count). The van der Waals surface area contributed by atoms with Crippen LogP contribution in [0.15, 0.2) is 24.3 Å². The average Bonchev–Trinajstić information content (AvgIpc) is 2.60. The van der Waals surface area contributed by atoms with Gasteiger partial charge in [0, 0.05) is 24.4 Å². The van der Waals surface area contributed by atoms with E-state index in [0.29, 0.717) is 23.6 Å². The molecule has 1 amide bonds. The van der Waals surface area contributed by atoms with Crippen molar-refractivity contribution in [3.05, 3.63) is 29.3 Å². The van der Waals surface area contributed by atoms with Crippen LogP contribution in [0.3, 0.4) is 0 Å². The van der Waals surface area contributed by atoms with E-state index < -0.39 is 24.3 Å². The van der Waals surface area contributed by atoms with E-state index in [2.05, 4.69) is 5.32 Å². The first-order valence-electron chi connectivity index (χ1n) is 8.43. The summed E-state index contributed by atoms with van der Waals surface area (Å²) < 4.78 is 15.2. The van der Waals surface area contributed by atoms with Gasteiger partial charge < -0.3 is 19.5 Å². The Labute approximate surface area is 186 Å². The third-order valence-corrected chi connectivity index (χ3v) is 3.42. The number of benzene rings is 1. The molecule has 0 spiro atoms. The van der Waals surface area contributed by atoms with Crippen molar-refractivity contribution < 1.29 is 28.6 Å². The standard InChI is InChI=1S/C18H24ClNO6.Na.H/c1-4-16(25-17(22)12(2)3)26-18(23)20-11-5-6-15(21)24-14-9-7-13(19)8-10-14;;/h7-10,12,16H,4-6,11H2,1-3H3,(H,20,23);;. The van der Waals surface area contributed by atoms with Gasteiger partial charge in [-0.15, -0.1) is 0 Å². The first kappa shape index (κ1) is 25.7. The number of amides is 1. The van der Waals surface area contributed by atoms with Gasteiger partial charge >= 0.3 is 47.6 Å². The molecule has 146 valence electrons. The molecule has 0 aliphatic heterocycles. The van der Waals surface area contributed by atoms with Crippen LogP contribution >= 0.6 is 11.6 Å². The number of rotatable bonds is 9. The van der Waals surface area contributed by atoms with Crippen molar-refractivity contribution in [2.75, 3.05) is 6.54 Å². The Balaban J connectivity index is 0.00000676. The third kappa shape index (κ3) is 11.2. The van der Waals surface area contributed by atoms with E-state index in [-0.39, 0.29) is 48.4 Å². The third-order valence-electron chi connectivity index (χ3n) is 3.16. The van der Waals surface area contributed by atoms with E-state index in [4.69, 9.17) is 25.8 Å². The van der Waals surface area contributed by atoms with E-state index in [1.165, 1.54) is 0 Å². The van der Waals surface area contributed by atoms with Crippen molar-refractivity contribution >= 4 is 59.2 Å². The van der Waals surface area contributed by atoms with Gasteiger partial charge in [0.05, 0.1) is 5.92 Å². The second-order valence-electron chi connectivity index (χ2n) is 5.79. The molecular weight excluding hydrogens is 385 g/mol. The van der Waals surface area contributed by atoms with Crippen molar-refractivity contribution in [3.8, 4) is 5.75 Å². The van der Waals surface area contributed by atoms with Crippen LogP contribution in [0.2, 0.25) is 5.02 Å². The Morgan fingerprint density at radius 3 is 2.30 bits per heavy atom. The zero-order valence-electron chi connectivity index (χ0n) is 15.1. The van der Waals surface area contributed by atoms with E-state index in [1.807, 2.05) is 0 Å². The molecule has 0 fully saturated rings. The van der Waals surface area contributed by atoms with Crippen LogP contribution in [0.1, 0.15) is 40.0 Å². The average molecular weight is 410 g/mol. The van der Waals surface area contributed by atoms with Gasteiger partial charge in [0.1, 0.15) is 5.75 Å². The van der Waals surface area contributed by atoms with E-state index in [1.54, 1.807) is 45.0 Å². The number of esters is 2. The molecule has 1 aromatic rings. The van der Waals surface area contributed by atoms with Crippen molar-refractivity contribution in [2.45, 2.75) is 46.3 Å². The van der Waals surface area contributed by atoms with Crippen LogP contribution in [0.5, 0.6) is 5.75 Å². The molecule has 0 heterocycles. The van der Waals surface area contributed by atoms with Crippen molar-refractivity contribution in [1.29, 1.82) is 0 Å². The zero-order valence-corrected chi connectivity index (χ0v) is 15.9. The molecule has 27 heavy (non-hydrogen) atoms. The van der Waals surface area contributed by atoms with Crippen LogP contribution in [0, 0.1) is 5.92 Å². The van der Waals surface area contributed by atoms with Gasteiger partial charge in [-0.2, -0.15) is 0 Å². The number of halogens is 1. The molecule has 0 saturated carbocycles. The zero-order chi connectivity index (χ0) is 19.5. The minimum atomic E-state index is -0.931. The number of hydrogen-bond acceptors (Lipinski definition) is 6. The van der Waals surface area contributed by atoms with E-state index in [0.717, 1.165) is 0 Å².